The van der Waals surface area contributed by atoms with Gasteiger partial charge in [-0.3, -0.25) is 24.5 Å². The standard InChI is InChI=1S/C11H12N2O8/c1-5(14)21-4-7-6(3-8(15)16)10(20-2)9(13(18)19)11(17)12-7/h3-4H2,1-2H3,(H,12,17)(H,15,16). The average Bonchev–Trinajstić information content (AvgIpc) is 2.36. The molecule has 1 heterocycles. The second kappa shape index (κ2) is 6.50. The predicted molar refractivity (Wildman–Crippen MR) is 67.1 cm³/mol. The van der Waals surface area contributed by atoms with Gasteiger partial charge in [-0.1, -0.05) is 0 Å². The van der Waals surface area contributed by atoms with Gasteiger partial charge in [-0.05, 0) is 0 Å². The summed E-state index contributed by atoms with van der Waals surface area (Å²) < 4.78 is 9.48. The summed E-state index contributed by atoms with van der Waals surface area (Å²) in [6, 6.07) is 0. The van der Waals surface area contributed by atoms with Crippen molar-refractivity contribution in [2.75, 3.05) is 7.11 Å². The van der Waals surface area contributed by atoms with Crippen molar-refractivity contribution in [1.82, 2.24) is 4.98 Å². The Morgan fingerprint density at radius 3 is 2.48 bits per heavy atom. The largest absolute Gasteiger partial charge is 0.490 e. The van der Waals surface area contributed by atoms with Crippen LogP contribution in [0.5, 0.6) is 5.75 Å². The molecule has 10 heteroatoms. The van der Waals surface area contributed by atoms with Crippen LogP contribution in [-0.4, -0.2) is 34.1 Å². The molecule has 0 bridgehead atoms. The first-order chi connectivity index (χ1) is 9.77. The summed E-state index contributed by atoms with van der Waals surface area (Å²) in [5.41, 5.74) is -2.17. The SMILES string of the molecule is COc1c(CC(=O)O)c(COC(C)=O)[nH]c(=O)c1[N+](=O)[O-]. The van der Waals surface area contributed by atoms with Crippen molar-refractivity contribution in [3.05, 3.63) is 31.7 Å². The zero-order valence-corrected chi connectivity index (χ0v) is 11.2. The number of carboxylic acid groups (broad SMARTS) is 1. The number of ether oxygens (including phenoxy) is 2. The fraction of sp³-hybridized carbons (Fsp3) is 0.364. The van der Waals surface area contributed by atoms with Crippen molar-refractivity contribution in [3.63, 3.8) is 0 Å². The van der Waals surface area contributed by atoms with Gasteiger partial charge in [0, 0.05) is 12.5 Å². The Morgan fingerprint density at radius 1 is 1.43 bits per heavy atom. The number of aliphatic carboxylic acids is 1. The highest BCUT2D eigenvalue weighted by atomic mass is 16.6. The number of carboxylic acids is 1. The molecule has 21 heavy (non-hydrogen) atoms. The molecule has 1 aromatic rings. The molecular formula is C11H12N2O8. The number of nitrogens with one attached hydrogen (secondary N) is 1. The second-order valence-electron chi connectivity index (χ2n) is 3.90. The Labute approximate surface area is 117 Å². The Morgan fingerprint density at radius 2 is 2.05 bits per heavy atom. The van der Waals surface area contributed by atoms with Crippen molar-refractivity contribution in [1.29, 1.82) is 0 Å². The molecule has 0 unspecified atom stereocenters. The molecule has 2 N–H and O–H groups in total. The van der Waals surface area contributed by atoms with Gasteiger partial charge in [0.2, 0.25) is 5.75 Å². The Bertz CT molecular complexity index is 648. The molecule has 0 amide bonds. The molecule has 10 nitrogen and oxygen atoms in total. The van der Waals surface area contributed by atoms with Crippen molar-refractivity contribution < 1.29 is 29.1 Å². The maximum absolute atomic E-state index is 11.7. The molecule has 1 rings (SSSR count). The highest BCUT2D eigenvalue weighted by Crippen LogP contribution is 2.29. The number of esters is 1. The third-order valence-electron chi connectivity index (χ3n) is 2.47. The number of aromatic nitrogens is 1. The topological polar surface area (TPSA) is 149 Å². The molecule has 0 spiro atoms. The quantitative estimate of drug-likeness (QED) is 0.423. The Balaban J connectivity index is 3.52. The van der Waals surface area contributed by atoms with E-state index in [-0.39, 0.29) is 11.3 Å². The minimum absolute atomic E-state index is 0.0694. The lowest BCUT2D eigenvalue weighted by Gasteiger charge is -2.12. The number of pyridine rings is 1. The van der Waals surface area contributed by atoms with E-state index >= 15 is 0 Å². The zero-order chi connectivity index (χ0) is 16.2. The first-order valence-corrected chi connectivity index (χ1v) is 5.59. The maximum atomic E-state index is 11.7. The van der Waals surface area contributed by atoms with Crippen LogP contribution in [0.1, 0.15) is 18.2 Å². The van der Waals surface area contributed by atoms with Gasteiger partial charge in [-0.15, -0.1) is 0 Å². The predicted octanol–water partition coefficient (Wildman–Crippen LogP) is -0.0181. The van der Waals surface area contributed by atoms with Gasteiger partial charge in [-0.25, -0.2) is 0 Å². The van der Waals surface area contributed by atoms with Crippen LogP contribution in [0, 0.1) is 10.1 Å². The van der Waals surface area contributed by atoms with Gasteiger partial charge in [0.15, 0.2) is 0 Å². The zero-order valence-electron chi connectivity index (χ0n) is 11.2. The first-order valence-electron chi connectivity index (χ1n) is 5.59. The van der Waals surface area contributed by atoms with Crippen LogP contribution in [0.15, 0.2) is 4.79 Å². The lowest BCUT2D eigenvalue weighted by Crippen LogP contribution is -2.20. The van der Waals surface area contributed by atoms with E-state index in [0.29, 0.717) is 0 Å². The van der Waals surface area contributed by atoms with Gasteiger partial charge < -0.3 is 19.6 Å². The van der Waals surface area contributed by atoms with Crippen LogP contribution in [0.25, 0.3) is 0 Å². The van der Waals surface area contributed by atoms with E-state index < -0.39 is 46.9 Å². The Hall–Kier alpha value is -2.91. The van der Waals surface area contributed by atoms with Gasteiger partial charge in [0.25, 0.3) is 0 Å². The molecule has 0 saturated carbocycles. The number of hydrogen-bond donors (Lipinski definition) is 2. The minimum Gasteiger partial charge on any atom is -0.490 e. The molecule has 0 aliphatic heterocycles. The van der Waals surface area contributed by atoms with Crippen molar-refractivity contribution >= 4 is 17.6 Å². The van der Waals surface area contributed by atoms with Gasteiger partial charge in [0.1, 0.15) is 6.61 Å². The van der Waals surface area contributed by atoms with E-state index in [0.717, 1.165) is 14.0 Å². The van der Waals surface area contributed by atoms with E-state index in [9.17, 15) is 24.5 Å². The molecular weight excluding hydrogens is 288 g/mol. The molecule has 0 saturated heterocycles. The van der Waals surface area contributed by atoms with Crippen LogP contribution in [0.2, 0.25) is 0 Å². The molecule has 0 fully saturated rings. The van der Waals surface area contributed by atoms with Gasteiger partial charge >= 0.3 is 23.2 Å². The van der Waals surface area contributed by atoms with Crippen LogP contribution in [-0.2, 0) is 27.4 Å². The number of nitrogens with zero attached hydrogens (tertiary/aromatic N) is 1. The smallest absolute Gasteiger partial charge is 0.375 e. The van der Waals surface area contributed by atoms with E-state index in [2.05, 4.69) is 9.72 Å². The number of carbonyl (C=O) groups is 2. The first kappa shape index (κ1) is 16.1. The summed E-state index contributed by atoms with van der Waals surface area (Å²) in [5.74, 6) is -2.42. The fourth-order valence-corrected chi connectivity index (χ4v) is 1.68. The third-order valence-corrected chi connectivity index (χ3v) is 2.47. The van der Waals surface area contributed by atoms with Crippen LogP contribution in [0.3, 0.4) is 0 Å². The van der Waals surface area contributed by atoms with Crippen LogP contribution >= 0.6 is 0 Å². The molecule has 0 aliphatic rings. The molecule has 1 aromatic heterocycles. The minimum atomic E-state index is -1.29. The number of nitro groups is 1. The molecule has 0 aromatic carbocycles. The molecule has 0 aliphatic carbocycles. The van der Waals surface area contributed by atoms with Crippen LogP contribution in [0.4, 0.5) is 5.69 Å². The lowest BCUT2D eigenvalue weighted by atomic mass is 10.1. The normalized spacial score (nSPS) is 10.0. The summed E-state index contributed by atoms with van der Waals surface area (Å²) in [5, 5.41) is 19.8. The number of carbonyl (C=O) groups excluding carboxylic acids is 1. The van der Waals surface area contributed by atoms with Crippen molar-refractivity contribution in [3.8, 4) is 5.75 Å². The van der Waals surface area contributed by atoms with E-state index in [1.165, 1.54) is 0 Å². The van der Waals surface area contributed by atoms with Crippen molar-refractivity contribution in [2.45, 2.75) is 20.0 Å². The summed E-state index contributed by atoms with van der Waals surface area (Å²) in [4.78, 5) is 45.4. The number of hydrogen-bond acceptors (Lipinski definition) is 7. The highest BCUT2D eigenvalue weighted by Gasteiger charge is 2.28. The average molecular weight is 300 g/mol. The number of rotatable bonds is 6. The summed E-state index contributed by atoms with van der Waals surface area (Å²) in [6.45, 7) is 0.694. The number of aromatic amines is 1. The summed E-state index contributed by atoms with van der Waals surface area (Å²) >= 11 is 0. The second-order valence-corrected chi connectivity index (χ2v) is 3.90. The van der Waals surface area contributed by atoms with E-state index in [1.54, 1.807) is 0 Å². The number of H-pyrrole nitrogens is 1. The third kappa shape index (κ3) is 3.78. The number of methoxy groups -OCH3 is 1. The molecule has 0 radical (unpaired) electrons. The Kier molecular flexibility index (Phi) is 5.00. The monoisotopic (exact) mass is 300 g/mol. The van der Waals surface area contributed by atoms with Gasteiger partial charge in [-0.2, -0.15) is 0 Å². The fourth-order valence-electron chi connectivity index (χ4n) is 1.68. The highest BCUT2D eigenvalue weighted by molar-refractivity contribution is 5.73. The molecule has 114 valence electrons. The van der Waals surface area contributed by atoms with Crippen LogP contribution < -0.4 is 10.3 Å². The van der Waals surface area contributed by atoms with E-state index in [4.69, 9.17) is 9.84 Å². The van der Waals surface area contributed by atoms with Crippen molar-refractivity contribution in [2.24, 2.45) is 0 Å². The maximum Gasteiger partial charge on any atom is 0.375 e. The lowest BCUT2D eigenvalue weighted by molar-refractivity contribution is -0.387. The summed E-state index contributed by atoms with van der Waals surface area (Å²) in [6.07, 6.45) is -0.641. The van der Waals surface area contributed by atoms with Gasteiger partial charge in [0.05, 0.1) is 24.1 Å². The molecule has 0 atom stereocenters. The summed E-state index contributed by atoms with van der Waals surface area (Å²) in [7, 11) is 1.07. The van der Waals surface area contributed by atoms with E-state index in [1.807, 2.05) is 0 Å².